The Morgan fingerprint density at radius 2 is 1.86 bits per heavy atom. The van der Waals surface area contributed by atoms with Crippen molar-refractivity contribution in [2.75, 3.05) is 11.9 Å². The SMILES string of the molecule is CCCC(O)CNC(=O)Nc1ccc(S(=O)(=O)C(F)F)cc1. The monoisotopic (exact) mass is 336 g/mol. The third-order valence-electron chi connectivity index (χ3n) is 2.80. The first kappa shape index (κ1) is 18.3. The molecule has 6 nitrogen and oxygen atoms in total. The van der Waals surface area contributed by atoms with E-state index in [4.69, 9.17) is 0 Å². The van der Waals surface area contributed by atoms with E-state index in [2.05, 4.69) is 10.6 Å². The lowest BCUT2D eigenvalue weighted by molar-refractivity contribution is 0.162. The van der Waals surface area contributed by atoms with E-state index < -0.39 is 32.6 Å². The van der Waals surface area contributed by atoms with Crippen molar-refractivity contribution in [2.45, 2.75) is 36.5 Å². The maximum Gasteiger partial charge on any atom is 0.341 e. The molecule has 0 aliphatic heterocycles. The van der Waals surface area contributed by atoms with E-state index in [9.17, 15) is 27.1 Å². The van der Waals surface area contributed by atoms with Gasteiger partial charge in [-0.25, -0.2) is 13.2 Å². The van der Waals surface area contributed by atoms with E-state index in [-0.39, 0.29) is 12.2 Å². The van der Waals surface area contributed by atoms with Gasteiger partial charge in [-0.1, -0.05) is 13.3 Å². The van der Waals surface area contributed by atoms with E-state index in [0.29, 0.717) is 6.42 Å². The molecule has 1 aromatic carbocycles. The number of alkyl halides is 2. The number of urea groups is 1. The van der Waals surface area contributed by atoms with Gasteiger partial charge in [0.15, 0.2) is 0 Å². The highest BCUT2D eigenvalue weighted by Gasteiger charge is 2.26. The van der Waals surface area contributed by atoms with Crippen LogP contribution >= 0.6 is 0 Å². The topological polar surface area (TPSA) is 95.5 Å². The van der Waals surface area contributed by atoms with Crippen molar-refractivity contribution < 1.29 is 27.1 Å². The predicted octanol–water partition coefficient (Wildman–Crippen LogP) is 1.97. The van der Waals surface area contributed by atoms with Gasteiger partial charge >= 0.3 is 11.8 Å². The average molecular weight is 336 g/mol. The summed E-state index contributed by atoms with van der Waals surface area (Å²) in [5, 5.41) is 14.3. The number of carbonyl (C=O) groups is 1. The first-order valence-corrected chi connectivity index (χ1v) is 8.17. The molecule has 0 aliphatic rings. The van der Waals surface area contributed by atoms with E-state index in [1.54, 1.807) is 0 Å². The number of amides is 2. The molecule has 0 saturated heterocycles. The molecular weight excluding hydrogens is 318 g/mol. The van der Waals surface area contributed by atoms with Crippen LogP contribution in [-0.2, 0) is 9.84 Å². The second-order valence-corrected chi connectivity index (χ2v) is 6.53. The Morgan fingerprint density at radius 1 is 1.27 bits per heavy atom. The zero-order valence-corrected chi connectivity index (χ0v) is 12.7. The lowest BCUT2D eigenvalue weighted by Gasteiger charge is -2.12. The Morgan fingerprint density at radius 3 is 2.36 bits per heavy atom. The maximum absolute atomic E-state index is 12.4. The average Bonchev–Trinajstić information content (AvgIpc) is 2.46. The highest BCUT2D eigenvalue weighted by atomic mass is 32.2. The second-order valence-electron chi connectivity index (χ2n) is 4.61. The molecule has 1 aromatic rings. The molecular formula is C13H18F2N2O4S. The molecule has 3 N–H and O–H groups in total. The Kier molecular flexibility index (Phi) is 6.69. The van der Waals surface area contributed by atoms with Crippen molar-refractivity contribution in [3.8, 4) is 0 Å². The van der Waals surface area contributed by atoms with Gasteiger partial charge in [0.05, 0.1) is 11.0 Å². The molecule has 2 amide bonds. The van der Waals surface area contributed by atoms with Crippen LogP contribution in [0.5, 0.6) is 0 Å². The van der Waals surface area contributed by atoms with E-state index >= 15 is 0 Å². The van der Waals surface area contributed by atoms with Crippen LogP contribution in [0.1, 0.15) is 19.8 Å². The van der Waals surface area contributed by atoms with Gasteiger partial charge in [-0.15, -0.1) is 0 Å². The molecule has 22 heavy (non-hydrogen) atoms. The van der Waals surface area contributed by atoms with Crippen LogP contribution in [0.15, 0.2) is 29.2 Å². The quantitative estimate of drug-likeness (QED) is 0.709. The summed E-state index contributed by atoms with van der Waals surface area (Å²) in [4.78, 5) is 11.0. The summed E-state index contributed by atoms with van der Waals surface area (Å²) in [5.74, 6) is -3.49. The summed E-state index contributed by atoms with van der Waals surface area (Å²) < 4.78 is 47.2. The molecule has 0 bridgehead atoms. The lowest BCUT2D eigenvalue weighted by atomic mass is 10.2. The lowest BCUT2D eigenvalue weighted by Crippen LogP contribution is -2.35. The molecule has 0 radical (unpaired) electrons. The fourth-order valence-corrected chi connectivity index (χ4v) is 2.37. The highest BCUT2D eigenvalue weighted by molar-refractivity contribution is 7.91. The van der Waals surface area contributed by atoms with E-state index in [1.165, 1.54) is 12.1 Å². The summed E-state index contributed by atoms with van der Waals surface area (Å²) >= 11 is 0. The summed E-state index contributed by atoms with van der Waals surface area (Å²) in [5.41, 5.74) is 0.246. The predicted molar refractivity (Wildman–Crippen MR) is 77.6 cm³/mol. The number of hydrogen-bond acceptors (Lipinski definition) is 4. The van der Waals surface area contributed by atoms with Crippen molar-refractivity contribution in [1.82, 2.24) is 5.32 Å². The Hall–Kier alpha value is -1.74. The Balaban J connectivity index is 2.60. The molecule has 0 aliphatic carbocycles. The Bertz CT molecular complexity index is 591. The molecule has 0 saturated carbocycles. The first-order valence-electron chi connectivity index (χ1n) is 6.62. The molecule has 0 spiro atoms. The minimum atomic E-state index is -4.64. The van der Waals surface area contributed by atoms with Gasteiger partial charge in [0.25, 0.3) is 0 Å². The summed E-state index contributed by atoms with van der Waals surface area (Å²) in [6, 6.07) is 3.81. The summed E-state index contributed by atoms with van der Waals surface area (Å²) in [7, 11) is -4.64. The number of halogens is 2. The van der Waals surface area contributed by atoms with Crippen molar-refractivity contribution in [3.63, 3.8) is 0 Å². The highest BCUT2D eigenvalue weighted by Crippen LogP contribution is 2.20. The minimum Gasteiger partial charge on any atom is -0.391 e. The maximum atomic E-state index is 12.4. The van der Waals surface area contributed by atoms with Gasteiger partial charge in [0.1, 0.15) is 0 Å². The van der Waals surface area contributed by atoms with Gasteiger partial charge in [-0.05, 0) is 30.7 Å². The van der Waals surface area contributed by atoms with E-state index in [1.807, 2.05) is 6.92 Å². The van der Waals surface area contributed by atoms with Crippen LogP contribution in [0, 0.1) is 0 Å². The van der Waals surface area contributed by atoms with Gasteiger partial charge in [-0.3, -0.25) is 0 Å². The normalized spacial score (nSPS) is 13.0. The zero-order valence-electron chi connectivity index (χ0n) is 11.9. The number of aliphatic hydroxyl groups is 1. The smallest absolute Gasteiger partial charge is 0.341 e. The molecule has 124 valence electrons. The number of rotatable bonds is 7. The largest absolute Gasteiger partial charge is 0.391 e. The van der Waals surface area contributed by atoms with Crippen LogP contribution in [0.3, 0.4) is 0 Å². The Labute approximate surface area is 127 Å². The molecule has 9 heteroatoms. The summed E-state index contributed by atoms with van der Waals surface area (Å²) in [6.07, 6.45) is 0.694. The van der Waals surface area contributed by atoms with Gasteiger partial charge in [0.2, 0.25) is 9.84 Å². The van der Waals surface area contributed by atoms with Gasteiger partial charge in [-0.2, -0.15) is 8.78 Å². The molecule has 1 rings (SSSR count). The number of benzene rings is 1. The molecule has 0 fully saturated rings. The molecule has 0 heterocycles. The third kappa shape index (κ3) is 5.23. The standard InChI is InChI=1S/C13H18F2N2O4S/c1-2-3-10(18)8-16-13(19)17-9-4-6-11(7-5-9)22(20,21)12(14)15/h4-7,10,12,18H,2-3,8H2,1H3,(H2,16,17,19). The van der Waals surface area contributed by atoms with Crippen molar-refractivity contribution in [2.24, 2.45) is 0 Å². The van der Waals surface area contributed by atoms with Crippen LogP contribution in [0.4, 0.5) is 19.3 Å². The zero-order chi connectivity index (χ0) is 16.8. The molecule has 0 aromatic heterocycles. The van der Waals surface area contributed by atoms with Gasteiger partial charge < -0.3 is 15.7 Å². The van der Waals surface area contributed by atoms with Crippen LogP contribution < -0.4 is 10.6 Å². The number of sulfone groups is 1. The molecule has 1 unspecified atom stereocenters. The van der Waals surface area contributed by atoms with Crippen LogP contribution in [-0.4, -0.2) is 38.0 Å². The second kappa shape index (κ2) is 8.04. The van der Waals surface area contributed by atoms with Crippen molar-refractivity contribution in [1.29, 1.82) is 0 Å². The fraction of sp³-hybridized carbons (Fsp3) is 0.462. The summed E-state index contributed by atoms with van der Waals surface area (Å²) in [6.45, 7) is 1.98. The third-order valence-corrected chi connectivity index (χ3v) is 4.19. The molecule has 1 atom stereocenters. The number of carbonyl (C=O) groups excluding carboxylic acids is 1. The first-order chi connectivity index (χ1) is 10.3. The van der Waals surface area contributed by atoms with Crippen LogP contribution in [0.2, 0.25) is 0 Å². The van der Waals surface area contributed by atoms with Crippen LogP contribution in [0.25, 0.3) is 0 Å². The number of nitrogens with one attached hydrogen (secondary N) is 2. The van der Waals surface area contributed by atoms with Gasteiger partial charge in [0, 0.05) is 12.2 Å². The minimum absolute atomic E-state index is 0.0809. The van der Waals surface area contributed by atoms with Crippen molar-refractivity contribution in [3.05, 3.63) is 24.3 Å². The number of aliphatic hydroxyl groups excluding tert-OH is 1. The number of hydrogen-bond donors (Lipinski definition) is 3. The fourth-order valence-electron chi connectivity index (χ4n) is 1.65. The van der Waals surface area contributed by atoms with E-state index in [0.717, 1.165) is 18.6 Å². The number of anilines is 1. The van der Waals surface area contributed by atoms with Crippen molar-refractivity contribution >= 4 is 21.6 Å².